The van der Waals surface area contributed by atoms with Crippen molar-refractivity contribution in [2.24, 2.45) is 0 Å². The monoisotopic (exact) mass is 336 g/mol. The zero-order valence-electron chi connectivity index (χ0n) is 11.1. The van der Waals surface area contributed by atoms with E-state index in [-0.39, 0.29) is 11.7 Å². The number of nitrogens with one attached hydrogen (secondary N) is 1. The van der Waals surface area contributed by atoms with Crippen LogP contribution in [0.25, 0.3) is 0 Å². The van der Waals surface area contributed by atoms with Gasteiger partial charge in [0.25, 0.3) is 0 Å². The summed E-state index contributed by atoms with van der Waals surface area (Å²) in [4.78, 5) is 25.7. The van der Waals surface area contributed by atoms with Crippen LogP contribution in [-0.2, 0) is 4.79 Å². The first-order valence-corrected chi connectivity index (χ1v) is 7.44. The Balaban J connectivity index is 1.95. The molecule has 0 atom stereocenters. The molecule has 1 aromatic rings. The predicted molar refractivity (Wildman–Crippen MR) is 81.7 cm³/mol. The van der Waals surface area contributed by atoms with E-state index in [4.69, 9.17) is 0 Å². The third-order valence-electron chi connectivity index (χ3n) is 3.16. The number of nitrogens with zero attached hydrogens (tertiary/aromatic N) is 1. The lowest BCUT2D eigenvalue weighted by molar-refractivity contribution is -0.125. The normalized spacial score (nSPS) is 16.1. The summed E-state index contributed by atoms with van der Waals surface area (Å²) < 4.78 is 0.922. The second-order valence-corrected chi connectivity index (χ2v) is 5.55. The average molecular weight is 337 g/mol. The van der Waals surface area contributed by atoms with Crippen molar-refractivity contribution in [2.45, 2.75) is 6.42 Å². The third-order valence-corrected chi connectivity index (χ3v) is 3.69. The second-order valence-electron chi connectivity index (χ2n) is 4.63. The molecule has 0 radical (unpaired) electrons. The Bertz CT molecular complexity index is 503. The number of amides is 1. The Morgan fingerprint density at radius 2 is 1.85 bits per heavy atom. The molecule has 106 valence electrons. The molecule has 1 heterocycles. The van der Waals surface area contributed by atoms with Gasteiger partial charge in [-0.05, 0) is 43.3 Å². The Hall–Kier alpha value is -1.46. The Kier molecular flexibility index (Phi) is 5.49. The van der Waals surface area contributed by atoms with Gasteiger partial charge in [-0.25, -0.2) is 0 Å². The number of allylic oxidation sites excluding steroid dienone is 1. The highest BCUT2D eigenvalue weighted by Crippen LogP contribution is 2.11. The van der Waals surface area contributed by atoms with Gasteiger partial charge < -0.3 is 10.2 Å². The molecule has 20 heavy (non-hydrogen) atoms. The van der Waals surface area contributed by atoms with Crippen molar-refractivity contribution in [1.82, 2.24) is 10.2 Å². The summed E-state index contributed by atoms with van der Waals surface area (Å²) in [6, 6.07) is 7.08. The van der Waals surface area contributed by atoms with Crippen LogP contribution >= 0.6 is 15.9 Å². The van der Waals surface area contributed by atoms with Crippen LogP contribution in [0.3, 0.4) is 0 Å². The highest BCUT2D eigenvalue weighted by atomic mass is 79.9. The average Bonchev–Trinajstić information content (AvgIpc) is 2.74. The fourth-order valence-electron chi connectivity index (χ4n) is 2.03. The van der Waals surface area contributed by atoms with Crippen LogP contribution in [0.5, 0.6) is 0 Å². The number of carbonyl (C=O) groups excluding carboxylic acids is 2. The number of halogens is 1. The van der Waals surface area contributed by atoms with Gasteiger partial charge in [-0.15, -0.1) is 0 Å². The molecule has 5 heteroatoms. The maximum absolute atomic E-state index is 12.0. The van der Waals surface area contributed by atoms with Crippen molar-refractivity contribution in [3.05, 3.63) is 46.5 Å². The van der Waals surface area contributed by atoms with Gasteiger partial charge in [0.15, 0.2) is 5.78 Å². The fourth-order valence-corrected chi connectivity index (χ4v) is 2.29. The van der Waals surface area contributed by atoms with Crippen LogP contribution in [0.2, 0.25) is 0 Å². The molecule has 0 aliphatic carbocycles. The highest BCUT2D eigenvalue weighted by Gasteiger charge is 2.13. The number of hydrogen-bond donors (Lipinski definition) is 1. The molecule has 0 saturated carbocycles. The summed E-state index contributed by atoms with van der Waals surface area (Å²) in [6.45, 7) is 3.17. The Morgan fingerprint density at radius 1 is 1.10 bits per heavy atom. The van der Waals surface area contributed by atoms with Gasteiger partial charge >= 0.3 is 0 Å². The van der Waals surface area contributed by atoms with Crippen LogP contribution < -0.4 is 5.32 Å². The number of hydrogen-bond acceptors (Lipinski definition) is 3. The Labute approximate surface area is 127 Å². The fraction of sp³-hybridized carbons (Fsp3) is 0.333. The van der Waals surface area contributed by atoms with Crippen molar-refractivity contribution < 1.29 is 9.59 Å². The van der Waals surface area contributed by atoms with Crippen molar-refractivity contribution in [3.8, 4) is 0 Å². The summed E-state index contributed by atoms with van der Waals surface area (Å²) in [7, 11) is 0. The molecule has 1 saturated heterocycles. The van der Waals surface area contributed by atoms with E-state index in [1.807, 2.05) is 12.1 Å². The zero-order valence-corrected chi connectivity index (χ0v) is 12.7. The van der Waals surface area contributed by atoms with E-state index in [0.29, 0.717) is 12.1 Å². The quantitative estimate of drug-likeness (QED) is 0.678. The molecule has 4 nitrogen and oxygen atoms in total. The van der Waals surface area contributed by atoms with Crippen molar-refractivity contribution in [2.75, 3.05) is 26.2 Å². The van der Waals surface area contributed by atoms with E-state index in [1.54, 1.807) is 17.0 Å². The van der Waals surface area contributed by atoms with Crippen molar-refractivity contribution in [3.63, 3.8) is 0 Å². The first-order chi connectivity index (χ1) is 9.66. The smallest absolute Gasteiger partial charge is 0.246 e. The predicted octanol–water partition coefficient (Wildman–Crippen LogP) is 2.01. The van der Waals surface area contributed by atoms with E-state index in [1.165, 1.54) is 12.2 Å². The molecule has 1 fully saturated rings. The number of benzene rings is 1. The molecule has 2 rings (SSSR count). The first kappa shape index (κ1) is 14.9. The summed E-state index contributed by atoms with van der Waals surface area (Å²) in [5.41, 5.74) is 0.579. The minimum absolute atomic E-state index is 0.0980. The molecule has 1 aliphatic rings. The molecule has 1 aliphatic heterocycles. The van der Waals surface area contributed by atoms with Gasteiger partial charge in [0.1, 0.15) is 0 Å². The zero-order chi connectivity index (χ0) is 14.4. The lowest BCUT2D eigenvalue weighted by Gasteiger charge is -2.17. The molecule has 0 bridgehead atoms. The molecule has 0 spiro atoms. The summed E-state index contributed by atoms with van der Waals surface area (Å²) in [5, 5.41) is 3.24. The van der Waals surface area contributed by atoms with Crippen LogP contribution in [0.4, 0.5) is 0 Å². The van der Waals surface area contributed by atoms with E-state index < -0.39 is 0 Å². The van der Waals surface area contributed by atoms with Gasteiger partial charge in [-0.2, -0.15) is 0 Å². The van der Waals surface area contributed by atoms with Crippen LogP contribution in [0.1, 0.15) is 16.8 Å². The summed E-state index contributed by atoms with van der Waals surface area (Å²) in [5.74, 6) is -0.252. The van der Waals surface area contributed by atoms with E-state index in [2.05, 4.69) is 21.2 Å². The topological polar surface area (TPSA) is 49.4 Å². The molecule has 0 aromatic heterocycles. The van der Waals surface area contributed by atoms with Crippen molar-refractivity contribution in [1.29, 1.82) is 0 Å². The second kappa shape index (κ2) is 7.36. The largest absolute Gasteiger partial charge is 0.338 e. The third kappa shape index (κ3) is 4.28. The van der Waals surface area contributed by atoms with Gasteiger partial charge in [0.05, 0.1) is 0 Å². The maximum Gasteiger partial charge on any atom is 0.246 e. The number of ketones is 1. The molecule has 1 aromatic carbocycles. The molecular formula is C15H17BrN2O2. The van der Waals surface area contributed by atoms with Crippen LogP contribution in [0.15, 0.2) is 40.9 Å². The number of rotatable bonds is 3. The molecule has 1 N–H and O–H groups in total. The molecular weight excluding hydrogens is 320 g/mol. The first-order valence-electron chi connectivity index (χ1n) is 6.64. The summed E-state index contributed by atoms with van der Waals surface area (Å²) in [6.07, 6.45) is 3.67. The highest BCUT2D eigenvalue weighted by molar-refractivity contribution is 9.10. The minimum atomic E-state index is -0.154. The summed E-state index contributed by atoms with van der Waals surface area (Å²) >= 11 is 3.32. The van der Waals surface area contributed by atoms with Gasteiger partial charge in [0.2, 0.25) is 5.91 Å². The van der Waals surface area contributed by atoms with Gasteiger partial charge in [-0.3, -0.25) is 9.59 Å². The van der Waals surface area contributed by atoms with Gasteiger partial charge in [0, 0.05) is 35.7 Å². The molecule has 1 amide bonds. The van der Waals surface area contributed by atoms with E-state index in [0.717, 1.165) is 30.5 Å². The lowest BCUT2D eigenvalue weighted by Crippen LogP contribution is -2.32. The van der Waals surface area contributed by atoms with Crippen LogP contribution in [-0.4, -0.2) is 42.8 Å². The standard InChI is InChI=1S/C15H17BrN2O2/c16-13-4-2-12(3-5-13)14(19)6-7-15(20)18-10-1-8-17-9-11-18/h2-7,17H,1,8-11H2/b7-6+. The maximum atomic E-state index is 12.0. The van der Waals surface area contributed by atoms with E-state index in [9.17, 15) is 9.59 Å². The van der Waals surface area contributed by atoms with Crippen molar-refractivity contribution >= 4 is 27.6 Å². The van der Waals surface area contributed by atoms with Gasteiger partial charge in [-0.1, -0.05) is 15.9 Å². The SMILES string of the molecule is O=C(/C=C/C(=O)N1CCCNCC1)c1ccc(Br)cc1. The molecule has 0 unspecified atom stereocenters. The van der Waals surface area contributed by atoms with Crippen LogP contribution in [0, 0.1) is 0 Å². The minimum Gasteiger partial charge on any atom is -0.338 e. The Morgan fingerprint density at radius 3 is 2.60 bits per heavy atom. The van der Waals surface area contributed by atoms with E-state index >= 15 is 0 Å². The lowest BCUT2D eigenvalue weighted by atomic mass is 10.1. The number of carbonyl (C=O) groups is 2.